The molecule has 1 heterocycles. The zero-order valence-electron chi connectivity index (χ0n) is 29.1. The minimum Gasteiger partial charge on any atom is -0.491 e. The molecule has 0 saturated heterocycles. The number of carbonyl (C=O) groups is 4. The third kappa shape index (κ3) is 11.2. The maximum Gasteiger partial charge on any atom is 0.255 e. The summed E-state index contributed by atoms with van der Waals surface area (Å²) in [6, 6.07) is 16.5. The molecule has 268 valence electrons. The summed E-state index contributed by atoms with van der Waals surface area (Å²) < 4.78 is 31.5. The molecule has 3 aromatic carbocycles. The Kier molecular flexibility index (Phi) is 14.0. The van der Waals surface area contributed by atoms with Crippen molar-refractivity contribution >= 4 is 23.6 Å². The van der Waals surface area contributed by atoms with Gasteiger partial charge in [-0.05, 0) is 62.1 Å². The molecule has 12 heteroatoms. The Hall–Kier alpha value is -5.13. The average Bonchev–Trinajstić information content (AvgIpc) is 3.08. The van der Waals surface area contributed by atoms with Gasteiger partial charge in [0, 0.05) is 12.6 Å². The molecular formula is C38H47FN4O7. The smallest absolute Gasteiger partial charge is 0.255 e. The zero-order valence-corrected chi connectivity index (χ0v) is 29.1. The van der Waals surface area contributed by atoms with Crippen molar-refractivity contribution in [3.8, 4) is 23.0 Å². The van der Waals surface area contributed by atoms with Crippen LogP contribution < -0.4 is 30.2 Å². The number of unbranched alkanes of at least 4 members (excludes halogenated alkanes) is 1. The van der Waals surface area contributed by atoms with Crippen LogP contribution in [0.3, 0.4) is 0 Å². The number of para-hydroxylation sites is 3. The van der Waals surface area contributed by atoms with Crippen LogP contribution in [0.4, 0.5) is 4.39 Å². The molecule has 0 saturated carbocycles. The molecule has 1 aliphatic heterocycles. The lowest BCUT2D eigenvalue weighted by molar-refractivity contribution is -0.137. The topological polar surface area (TPSA) is 135 Å². The minimum absolute atomic E-state index is 0.0113. The first-order valence-corrected chi connectivity index (χ1v) is 17.1. The van der Waals surface area contributed by atoms with Crippen LogP contribution in [0.2, 0.25) is 0 Å². The molecule has 3 atom stereocenters. The highest BCUT2D eigenvalue weighted by Crippen LogP contribution is 2.31. The van der Waals surface area contributed by atoms with Gasteiger partial charge in [-0.2, -0.15) is 0 Å². The van der Waals surface area contributed by atoms with Crippen LogP contribution in [-0.2, 0) is 14.4 Å². The van der Waals surface area contributed by atoms with Gasteiger partial charge in [0.25, 0.3) is 5.91 Å². The van der Waals surface area contributed by atoms with Crippen LogP contribution in [0.15, 0.2) is 72.8 Å². The molecule has 3 aromatic rings. The van der Waals surface area contributed by atoms with Gasteiger partial charge in [0.15, 0.2) is 11.5 Å². The number of nitrogens with one attached hydrogen (secondary N) is 3. The van der Waals surface area contributed by atoms with Gasteiger partial charge in [0.2, 0.25) is 17.7 Å². The highest BCUT2D eigenvalue weighted by Gasteiger charge is 2.31. The van der Waals surface area contributed by atoms with E-state index >= 15 is 0 Å². The van der Waals surface area contributed by atoms with Crippen molar-refractivity contribution in [2.75, 3.05) is 26.3 Å². The van der Waals surface area contributed by atoms with Crippen molar-refractivity contribution in [2.24, 2.45) is 5.92 Å². The minimum atomic E-state index is -1.28. The van der Waals surface area contributed by atoms with Crippen molar-refractivity contribution in [2.45, 2.75) is 71.5 Å². The summed E-state index contributed by atoms with van der Waals surface area (Å²) in [4.78, 5) is 56.1. The Bertz CT molecular complexity index is 1620. The fraction of sp³-hybridized carbons (Fsp3) is 0.421. The van der Waals surface area contributed by atoms with E-state index in [-0.39, 0.29) is 37.1 Å². The third-order valence-electron chi connectivity index (χ3n) is 7.95. The number of ether oxygens (including phenoxy) is 3. The summed E-state index contributed by atoms with van der Waals surface area (Å²) >= 11 is 0. The first-order valence-electron chi connectivity index (χ1n) is 17.1. The van der Waals surface area contributed by atoms with E-state index in [1.54, 1.807) is 66.4 Å². The lowest BCUT2D eigenvalue weighted by Crippen LogP contribution is -2.54. The largest absolute Gasteiger partial charge is 0.491 e. The van der Waals surface area contributed by atoms with E-state index in [0.29, 0.717) is 36.0 Å². The monoisotopic (exact) mass is 690 g/mol. The van der Waals surface area contributed by atoms with Gasteiger partial charge in [-0.3, -0.25) is 19.2 Å². The van der Waals surface area contributed by atoms with E-state index in [2.05, 4.69) is 16.0 Å². The van der Waals surface area contributed by atoms with E-state index in [9.17, 15) is 23.6 Å². The van der Waals surface area contributed by atoms with E-state index in [1.807, 2.05) is 20.8 Å². The second-order valence-electron chi connectivity index (χ2n) is 12.7. The van der Waals surface area contributed by atoms with Gasteiger partial charge in [-0.25, -0.2) is 4.39 Å². The Balaban J connectivity index is 1.51. The van der Waals surface area contributed by atoms with E-state index < -0.39 is 48.1 Å². The SMILES string of the molecule is CCCCN1CCOc2ccccc2C(=O)N[C@@H](C(=O)N[C@H](C)COc2ccccc2Oc2cccc(F)c2)CC(=O)N[C@H](CC(C)C)C1=O. The number of halogens is 1. The molecule has 50 heavy (non-hydrogen) atoms. The number of rotatable bonds is 12. The average molecular weight is 691 g/mol. The molecule has 4 rings (SSSR count). The molecule has 1 aliphatic rings. The van der Waals surface area contributed by atoms with Crippen LogP contribution in [0.25, 0.3) is 0 Å². The highest BCUT2D eigenvalue weighted by atomic mass is 19.1. The molecule has 0 aliphatic carbocycles. The van der Waals surface area contributed by atoms with Crippen LogP contribution in [-0.4, -0.2) is 73.0 Å². The summed E-state index contributed by atoms with van der Waals surface area (Å²) in [5.74, 6) is -0.991. The molecular weight excluding hydrogens is 643 g/mol. The molecule has 4 amide bonds. The predicted octanol–water partition coefficient (Wildman–Crippen LogP) is 5.24. The fourth-order valence-electron chi connectivity index (χ4n) is 5.44. The number of hydrogen-bond acceptors (Lipinski definition) is 7. The standard InChI is InChI=1S/C38H47FN4O7/c1-5-6-18-43-19-20-48-32-15-8-7-14-29(32)36(45)42-30(23-35(44)41-31(38(43)47)21-25(2)3)37(46)40-26(4)24-49-33-16-9-10-17-34(33)50-28-13-11-12-27(39)22-28/h7-17,22,25-26,30-31H,5-6,18-21,23-24H2,1-4H3,(H,40,46)(H,41,44)(H,42,45)/t26-,30-,31-/m1/s1. The summed E-state index contributed by atoms with van der Waals surface area (Å²) in [5.41, 5.74) is 0.193. The van der Waals surface area contributed by atoms with E-state index in [4.69, 9.17) is 14.2 Å². The fourth-order valence-corrected chi connectivity index (χ4v) is 5.44. The van der Waals surface area contributed by atoms with Crippen molar-refractivity contribution in [1.82, 2.24) is 20.9 Å². The van der Waals surface area contributed by atoms with E-state index in [1.165, 1.54) is 18.2 Å². The number of benzene rings is 3. The summed E-state index contributed by atoms with van der Waals surface area (Å²) in [6.45, 7) is 8.61. The second-order valence-corrected chi connectivity index (χ2v) is 12.7. The zero-order chi connectivity index (χ0) is 36.0. The Morgan fingerprint density at radius 2 is 1.74 bits per heavy atom. The van der Waals surface area contributed by atoms with E-state index in [0.717, 1.165) is 12.8 Å². The quantitative estimate of drug-likeness (QED) is 0.237. The van der Waals surface area contributed by atoms with Gasteiger partial charge in [-0.15, -0.1) is 0 Å². The maximum atomic E-state index is 13.8. The maximum absolute atomic E-state index is 13.8. The molecule has 0 bridgehead atoms. The van der Waals surface area contributed by atoms with Crippen LogP contribution in [0, 0.1) is 11.7 Å². The number of amides is 4. The van der Waals surface area contributed by atoms with Crippen LogP contribution >= 0.6 is 0 Å². The first kappa shape index (κ1) is 37.7. The van der Waals surface area contributed by atoms with Gasteiger partial charge < -0.3 is 35.1 Å². The number of fused-ring (bicyclic) bond motifs is 1. The number of hydrogen-bond donors (Lipinski definition) is 3. The molecule has 0 unspecified atom stereocenters. The summed E-state index contributed by atoms with van der Waals surface area (Å²) in [6.07, 6.45) is 1.65. The molecule has 0 fully saturated rings. The van der Waals surface area contributed by atoms with Crippen LogP contribution in [0.1, 0.15) is 63.7 Å². The van der Waals surface area contributed by atoms with Crippen molar-refractivity contribution in [1.29, 1.82) is 0 Å². The predicted molar refractivity (Wildman–Crippen MR) is 187 cm³/mol. The molecule has 3 N–H and O–H groups in total. The molecule has 0 spiro atoms. The van der Waals surface area contributed by atoms with Gasteiger partial charge in [0.05, 0.1) is 24.6 Å². The molecule has 0 radical (unpaired) electrons. The van der Waals surface area contributed by atoms with Crippen molar-refractivity contribution in [3.05, 3.63) is 84.2 Å². The Morgan fingerprint density at radius 3 is 2.48 bits per heavy atom. The van der Waals surface area contributed by atoms with Crippen molar-refractivity contribution in [3.63, 3.8) is 0 Å². The number of carbonyl (C=O) groups excluding carboxylic acids is 4. The molecule has 0 aromatic heterocycles. The summed E-state index contributed by atoms with van der Waals surface area (Å²) in [7, 11) is 0. The molecule has 11 nitrogen and oxygen atoms in total. The van der Waals surface area contributed by atoms with Crippen molar-refractivity contribution < 1.29 is 37.8 Å². The van der Waals surface area contributed by atoms with Gasteiger partial charge >= 0.3 is 0 Å². The Morgan fingerprint density at radius 1 is 1.00 bits per heavy atom. The highest BCUT2D eigenvalue weighted by molar-refractivity contribution is 6.01. The second kappa shape index (κ2) is 18.6. The Labute approximate surface area is 292 Å². The first-order chi connectivity index (χ1) is 24.0. The lowest BCUT2D eigenvalue weighted by atomic mass is 10.0. The number of nitrogens with zero attached hydrogens (tertiary/aromatic N) is 1. The normalized spacial score (nSPS) is 17.8. The van der Waals surface area contributed by atoms with Gasteiger partial charge in [-0.1, -0.05) is 57.5 Å². The third-order valence-corrected chi connectivity index (χ3v) is 7.95. The summed E-state index contributed by atoms with van der Waals surface area (Å²) in [5, 5.41) is 8.37. The van der Waals surface area contributed by atoms with Gasteiger partial charge in [0.1, 0.15) is 42.6 Å². The lowest BCUT2D eigenvalue weighted by Gasteiger charge is -2.30. The van der Waals surface area contributed by atoms with Crippen LogP contribution in [0.5, 0.6) is 23.0 Å².